The van der Waals surface area contributed by atoms with Crippen LogP contribution in [-0.4, -0.2) is 51.6 Å². The Labute approximate surface area is 274 Å². The minimum atomic E-state index is -0.924. The Morgan fingerprint density at radius 3 is 1.13 bits per heavy atom. The van der Waals surface area contributed by atoms with E-state index in [1.807, 2.05) is 64.1 Å². The van der Waals surface area contributed by atoms with Crippen molar-refractivity contribution in [1.29, 1.82) is 0 Å². The molecule has 0 aromatic heterocycles. The molecule has 45 heavy (non-hydrogen) atoms. The van der Waals surface area contributed by atoms with Crippen molar-refractivity contribution in [3.05, 3.63) is 71.8 Å². The van der Waals surface area contributed by atoms with Gasteiger partial charge in [0.1, 0.15) is 12.2 Å². The summed E-state index contributed by atoms with van der Waals surface area (Å²) in [5, 5.41) is 0. The molecule has 2 aromatic rings. The van der Waals surface area contributed by atoms with Gasteiger partial charge in [-0.15, -0.1) is 0 Å². The van der Waals surface area contributed by atoms with Crippen LogP contribution in [0.1, 0.15) is 129 Å². The fourth-order valence-electron chi connectivity index (χ4n) is 5.99. The second-order valence-corrected chi connectivity index (χ2v) is 11.3. The highest BCUT2D eigenvalue weighted by molar-refractivity contribution is 5.21. The third kappa shape index (κ3) is 13.1. The lowest BCUT2D eigenvalue weighted by atomic mass is 9.95. The summed E-state index contributed by atoms with van der Waals surface area (Å²) in [4.78, 5) is 0. The zero-order valence-electron chi connectivity index (χ0n) is 29.1. The number of hydrogen-bond acceptors (Lipinski definition) is 7. The molecule has 0 N–H and O–H groups in total. The van der Waals surface area contributed by atoms with Gasteiger partial charge in [-0.3, -0.25) is 0 Å². The zero-order chi connectivity index (χ0) is 32.6. The molecule has 2 rings (SSSR count). The van der Waals surface area contributed by atoms with Crippen molar-refractivity contribution in [2.24, 2.45) is 0 Å². The van der Waals surface area contributed by atoms with Crippen LogP contribution < -0.4 is 0 Å². The van der Waals surface area contributed by atoms with Gasteiger partial charge in [-0.05, 0) is 51.7 Å². The van der Waals surface area contributed by atoms with Crippen molar-refractivity contribution in [3.63, 3.8) is 0 Å². The molecule has 256 valence electrons. The summed E-state index contributed by atoms with van der Waals surface area (Å²) in [6.45, 7) is 14.5. The normalized spacial score (nSPS) is 13.6. The second kappa shape index (κ2) is 23.5. The van der Waals surface area contributed by atoms with Gasteiger partial charge < -0.3 is 33.2 Å². The molecular weight excluding hydrogens is 568 g/mol. The molecule has 0 aliphatic carbocycles. The van der Waals surface area contributed by atoms with Gasteiger partial charge in [0.25, 0.3) is 0 Å². The quantitative estimate of drug-likeness (QED) is 0.0685. The van der Waals surface area contributed by atoms with E-state index < -0.39 is 23.8 Å². The summed E-state index contributed by atoms with van der Waals surface area (Å²) in [5.41, 5.74) is 1.97. The fourth-order valence-corrected chi connectivity index (χ4v) is 5.99. The average Bonchev–Trinajstić information content (AvgIpc) is 3.06. The first-order chi connectivity index (χ1) is 22.1. The van der Waals surface area contributed by atoms with Gasteiger partial charge in [0.15, 0.2) is 25.2 Å². The summed E-state index contributed by atoms with van der Waals surface area (Å²) in [5.74, 6) is -1.85. The van der Waals surface area contributed by atoms with E-state index >= 15 is 0 Å². The van der Waals surface area contributed by atoms with Gasteiger partial charge in [-0.2, -0.15) is 0 Å². The number of hydrogen-bond donors (Lipinski definition) is 0. The van der Waals surface area contributed by atoms with E-state index in [1.54, 1.807) is 0 Å². The first kappa shape index (κ1) is 39.3. The predicted molar refractivity (Wildman–Crippen MR) is 181 cm³/mol. The molecule has 0 bridgehead atoms. The molecule has 0 aliphatic heterocycles. The lowest BCUT2D eigenvalue weighted by Crippen LogP contribution is -2.45. The number of unbranched alkanes of at least 4 members (excludes halogenated alkanes) is 6. The third-order valence-electron chi connectivity index (χ3n) is 7.95. The van der Waals surface area contributed by atoms with Crippen molar-refractivity contribution in [2.45, 2.75) is 130 Å². The molecule has 0 saturated heterocycles. The molecule has 0 aliphatic rings. The molecule has 2 unspecified atom stereocenters. The molecule has 0 spiro atoms. The van der Waals surface area contributed by atoms with Crippen LogP contribution in [0.25, 0.3) is 0 Å². The highest BCUT2D eigenvalue weighted by Gasteiger charge is 2.44. The van der Waals surface area contributed by atoms with E-state index in [0.717, 1.165) is 49.7 Å². The summed E-state index contributed by atoms with van der Waals surface area (Å²) >= 11 is 0. The van der Waals surface area contributed by atoms with E-state index in [2.05, 4.69) is 38.1 Å². The Hall–Kier alpha value is -1.84. The van der Waals surface area contributed by atoms with E-state index in [-0.39, 0.29) is 13.6 Å². The van der Waals surface area contributed by atoms with Crippen molar-refractivity contribution < 1.29 is 33.2 Å². The first-order valence-electron chi connectivity index (χ1n) is 17.5. The van der Waals surface area contributed by atoms with Gasteiger partial charge in [-0.25, -0.2) is 0 Å². The van der Waals surface area contributed by atoms with Crippen LogP contribution in [0.2, 0.25) is 0 Å². The zero-order valence-corrected chi connectivity index (χ0v) is 29.1. The Balaban J connectivity index is 2.25. The van der Waals surface area contributed by atoms with Crippen LogP contribution in [0.4, 0.5) is 0 Å². The van der Waals surface area contributed by atoms with E-state index in [4.69, 9.17) is 33.2 Å². The van der Waals surface area contributed by atoms with Crippen molar-refractivity contribution in [3.8, 4) is 0 Å². The Kier molecular flexibility index (Phi) is 20.5. The van der Waals surface area contributed by atoms with E-state index in [1.165, 1.54) is 25.7 Å². The minimum absolute atomic E-state index is 0.00466. The molecule has 2 atom stereocenters. The lowest BCUT2D eigenvalue weighted by Gasteiger charge is -2.40. The molecule has 0 radical (unpaired) electrons. The van der Waals surface area contributed by atoms with Crippen molar-refractivity contribution >= 4 is 0 Å². The number of benzene rings is 2. The number of ether oxygens (including phenoxy) is 7. The molecular formula is C38H62O7. The van der Waals surface area contributed by atoms with Crippen LogP contribution in [-0.2, 0) is 33.2 Å². The van der Waals surface area contributed by atoms with Gasteiger partial charge in [-0.1, -0.05) is 113 Å². The van der Waals surface area contributed by atoms with Crippen LogP contribution in [0.3, 0.4) is 0 Å². The molecule has 0 fully saturated rings. The maximum absolute atomic E-state index is 6.50. The monoisotopic (exact) mass is 630 g/mol. The predicted octanol–water partition coefficient (Wildman–Crippen LogP) is 9.91. The Bertz CT molecular complexity index is 866. The molecule has 0 heterocycles. The smallest absolute Gasteiger partial charge is 0.199 e. The van der Waals surface area contributed by atoms with Gasteiger partial charge in [0.05, 0.1) is 0 Å². The topological polar surface area (TPSA) is 64.6 Å². The van der Waals surface area contributed by atoms with Gasteiger partial charge in [0.2, 0.25) is 0 Å². The summed E-state index contributed by atoms with van der Waals surface area (Å²) in [6, 6.07) is 20.3. The largest absolute Gasteiger partial charge is 0.347 e. The Morgan fingerprint density at radius 1 is 0.467 bits per heavy atom. The number of rotatable bonds is 28. The molecule has 0 saturated carbocycles. The van der Waals surface area contributed by atoms with Crippen LogP contribution in [0, 0.1) is 0 Å². The lowest BCUT2D eigenvalue weighted by molar-refractivity contribution is -0.324. The maximum atomic E-state index is 6.50. The summed E-state index contributed by atoms with van der Waals surface area (Å²) < 4.78 is 44.7. The average molecular weight is 631 g/mol. The molecule has 0 amide bonds. The maximum Gasteiger partial charge on any atom is 0.199 e. The molecule has 7 heteroatoms. The first-order valence-corrected chi connectivity index (χ1v) is 17.5. The van der Waals surface area contributed by atoms with Gasteiger partial charge >= 0.3 is 0 Å². The van der Waals surface area contributed by atoms with E-state index in [0.29, 0.717) is 26.4 Å². The Morgan fingerprint density at radius 2 is 0.822 bits per heavy atom. The second-order valence-electron chi connectivity index (χ2n) is 11.3. The summed E-state index contributed by atoms with van der Waals surface area (Å²) in [7, 11) is 0. The van der Waals surface area contributed by atoms with Crippen LogP contribution in [0.5, 0.6) is 0 Å². The minimum Gasteiger partial charge on any atom is -0.347 e. The standard InChI is InChI=1S/C38H62O7/c1-7-13-15-23-29-37(42-9-3,43-10-4)35(33-25-19-17-20-26-33)40-31-39-32-41-36(34-27-21-18-22-28-34)38(44-11-5,45-12-6)30-24-16-14-8-2/h17-22,25-28,35-36H,7-16,23-24,29-32H2,1-6H3. The highest BCUT2D eigenvalue weighted by atomic mass is 16.8. The van der Waals surface area contributed by atoms with Crippen LogP contribution in [0.15, 0.2) is 60.7 Å². The van der Waals surface area contributed by atoms with E-state index in [9.17, 15) is 0 Å². The highest BCUT2D eigenvalue weighted by Crippen LogP contribution is 2.40. The molecule has 2 aromatic carbocycles. The van der Waals surface area contributed by atoms with Gasteiger partial charge in [0, 0.05) is 39.3 Å². The molecule has 7 nitrogen and oxygen atoms in total. The third-order valence-corrected chi connectivity index (χ3v) is 7.95. The van der Waals surface area contributed by atoms with Crippen molar-refractivity contribution in [2.75, 3.05) is 40.0 Å². The van der Waals surface area contributed by atoms with Crippen molar-refractivity contribution in [1.82, 2.24) is 0 Å². The fraction of sp³-hybridized carbons (Fsp3) is 0.684. The SMILES string of the molecule is CCCCCCC(OCC)(OCC)C(OCOCOC(c1ccccc1)C(CCCCCC)(OCC)OCC)c1ccccc1. The summed E-state index contributed by atoms with van der Waals surface area (Å²) in [6.07, 6.45) is 9.39. The van der Waals surface area contributed by atoms with Crippen LogP contribution >= 0.6 is 0 Å².